The molecule has 3 aromatic rings. The Labute approximate surface area is 122 Å². The number of nitrogen functional groups attached to an aromatic ring is 1. The maximum absolute atomic E-state index is 12.4. The van der Waals surface area contributed by atoms with E-state index < -0.39 is 0 Å². The van der Waals surface area contributed by atoms with E-state index in [1.54, 1.807) is 23.9 Å². The maximum atomic E-state index is 12.4. The van der Waals surface area contributed by atoms with Crippen molar-refractivity contribution in [3.8, 4) is 0 Å². The van der Waals surface area contributed by atoms with Crippen molar-refractivity contribution < 1.29 is 4.79 Å². The zero-order valence-electron chi connectivity index (χ0n) is 11.9. The summed E-state index contributed by atoms with van der Waals surface area (Å²) >= 11 is 0. The van der Waals surface area contributed by atoms with Crippen LogP contribution in [0.2, 0.25) is 0 Å². The van der Waals surface area contributed by atoms with E-state index in [4.69, 9.17) is 5.73 Å². The van der Waals surface area contributed by atoms with Crippen LogP contribution in [0.25, 0.3) is 10.9 Å². The third-order valence-corrected chi connectivity index (χ3v) is 3.35. The molecule has 21 heavy (non-hydrogen) atoms. The number of para-hydroxylation sites is 1. The lowest BCUT2D eigenvalue weighted by molar-refractivity contribution is 0.101. The highest BCUT2D eigenvalue weighted by atomic mass is 16.1. The summed E-state index contributed by atoms with van der Waals surface area (Å²) in [6, 6.07) is 11.3. The molecule has 2 aromatic heterocycles. The fourth-order valence-corrected chi connectivity index (χ4v) is 2.41. The topological polar surface area (TPSA) is 72.9 Å². The third kappa shape index (κ3) is 2.45. The molecule has 0 aliphatic carbocycles. The van der Waals surface area contributed by atoms with Gasteiger partial charge in [-0.25, -0.2) is 0 Å². The van der Waals surface area contributed by atoms with Crippen LogP contribution in [0.3, 0.4) is 0 Å². The van der Waals surface area contributed by atoms with Crippen LogP contribution in [0, 0.1) is 6.92 Å². The highest BCUT2D eigenvalue weighted by Crippen LogP contribution is 2.23. The SMILES string of the molecule is Cc1cc(NC(=O)c2cc(N)cn2C)c2ccccc2n1. The average molecular weight is 280 g/mol. The third-order valence-electron chi connectivity index (χ3n) is 3.35. The quantitative estimate of drug-likeness (QED) is 0.758. The van der Waals surface area contributed by atoms with Gasteiger partial charge in [-0.15, -0.1) is 0 Å². The van der Waals surface area contributed by atoms with Crippen LogP contribution >= 0.6 is 0 Å². The van der Waals surface area contributed by atoms with E-state index in [2.05, 4.69) is 10.3 Å². The van der Waals surface area contributed by atoms with E-state index in [-0.39, 0.29) is 5.91 Å². The molecule has 0 spiro atoms. The number of nitrogens with one attached hydrogen (secondary N) is 1. The summed E-state index contributed by atoms with van der Waals surface area (Å²) < 4.78 is 1.71. The number of benzene rings is 1. The van der Waals surface area contributed by atoms with E-state index >= 15 is 0 Å². The standard InChI is InChI=1S/C16H16N4O/c1-10-7-14(12-5-3-4-6-13(12)18-10)19-16(21)15-8-11(17)9-20(15)2/h3-9H,17H2,1-2H3,(H,18,19,21). The lowest BCUT2D eigenvalue weighted by atomic mass is 10.1. The van der Waals surface area contributed by atoms with Crippen LogP contribution < -0.4 is 11.1 Å². The van der Waals surface area contributed by atoms with Gasteiger partial charge in [0.25, 0.3) is 5.91 Å². The van der Waals surface area contributed by atoms with Gasteiger partial charge in [0, 0.05) is 24.3 Å². The Kier molecular flexibility index (Phi) is 3.10. The molecule has 2 heterocycles. The van der Waals surface area contributed by atoms with Gasteiger partial charge < -0.3 is 15.6 Å². The molecule has 0 saturated carbocycles. The highest BCUT2D eigenvalue weighted by molar-refractivity contribution is 6.08. The van der Waals surface area contributed by atoms with E-state index in [1.807, 2.05) is 37.3 Å². The van der Waals surface area contributed by atoms with Gasteiger partial charge >= 0.3 is 0 Å². The monoisotopic (exact) mass is 280 g/mol. The molecule has 3 rings (SSSR count). The van der Waals surface area contributed by atoms with Crippen molar-refractivity contribution >= 4 is 28.2 Å². The van der Waals surface area contributed by atoms with Crippen molar-refractivity contribution in [3.63, 3.8) is 0 Å². The summed E-state index contributed by atoms with van der Waals surface area (Å²) in [4.78, 5) is 16.9. The summed E-state index contributed by atoms with van der Waals surface area (Å²) in [5.74, 6) is -0.190. The number of hydrogen-bond donors (Lipinski definition) is 2. The van der Waals surface area contributed by atoms with Gasteiger partial charge in [-0.3, -0.25) is 9.78 Å². The number of carbonyl (C=O) groups is 1. The molecule has 0 aliphatic heterocycles. The van der Waals surface area contributed by atoms with E-state index in [9.17, 15) is 4.79 Å². The van der Waals surface area contributed by atoms with Crippen LogP contribution in [-0.2, 0) is 7.05 Å². The van der Waals surface area contributed by atoms with Gasteiger partial charge in [0.15, 0.2) is 0 Å². The zero-order chi connectivity index (χ0) is 15.0. The molecule has 0 aliphatic rings. The molecule has 0 fully saturated rings. The minimum Gasteiger partial charge on any atom is -0.397 e. The first-order chi connectivity index (χ1) is 10.0. The molecule has 0 atom stereocenters. The van der Waals surface area contributed by atoms with Gasteiger partial charge in [0.05, 0.1) is 16.9 Å². The number of rotatable bonds is 2. The Morgan fingerprint density at radius 1 is 1.29 bits per heavy atom. The number of nitrogens with two attached hydrogens (primary N) is 1. The summed E-state index contributed by atoms with van der Waals surface area (Å²) in [7, 11) is 1.79. The predicted octanol–water partition coefficient (Wildman–Crippen LogP) is 2.72. The number of pyridine rings is 1. The van der Waals surface area contributed by atoms with E-state index in [0.717, 1.165) is 22.3 Å². The molecule has 0 radical (unpaired) electrons. The van der Waals surface area contributed by atoms with Gasteiger partial charge in [-0.05, 0) is 25.1 Å². The Hall–Kier alpha value is -2.82. The molecule has 5 nitrogen and oxygen atoms in total. The van der Waals surface area contributed by atoms with Crippen molar-refractivity contribution in [1.29, 1.82) is 0 Å². The van der Waals surface area contributed by atoms with Crippen LogP contribution in [-0.4, -0.2) is 15.5 Å². The van der Waals surface area contributed by atoms with Crippen molar-refractivity contribution in [1.82, 2.24) is 9.55 Å². The van der Waals surface area contributed by atoms with Crippen LogP contribution in [0.15, 0.2) is 42.6 Å². The molecule has 1 amide bonds. The van der Waals surface area contributed by atoms with Gasteiger partial charge in [0.1, 0.15) is 5.69 Å². The van der Waals surface area contributed by atoms with Crippen LogP contribution in [0.1, 0.15) is 16.2 Å². The summed E-state index contributed by atoms with van der Waals surface area (Å²) in [6.45, 7) is 1.91. The van der Waals surface area contributed by atoms with Crippen LogP contribution in [0.4, 0.5) is 11.4 Å². The first-order valence-corrected chi connectivity index (χ1v) is 6.64. The van der Waals surface area contributed by atoms with E-state index in [1.165, 1.54) is 0 Å². The van der Waals surface area contributed by atoms with Crippen molar-refractivity contribution in [2.24, 2.45) is 7.05 Å². The smallest absolute Gasteiger partial charge is 0.272 e. The minimum absolute atomic E-state index is 0.190. The van der Waals surface area contributed by atoms with Crippen LogP contribution in [0.5, 0.6) is 0 Å². The van der Waals surface area contributed by atoms with Crippen molar-refractivity contribution in [3.05, 3.63) is 54.0 Å². The number of carbonyl (C=O) groups excluding carboxylic acids is 1. The molecule has 5 heteroatoms. The number of nitrogens with zero attached hydrogens (tertiary/aromatic N) is 2. The first kappa shape index (κ1) is 13.2. The Bertz CT molecular complexity index is 835. The molecule has 0 saturated heterocycles. The lowest BCUT2D eigenvalue weighted by Crippen LogP contribution is -2.15. The molecule has 1 aromatic carbocycles. The molecule has 0 bridgehead atoms. The fourth-order valence-electron chi connectivity index (χ4n) is 2.41. The van der Waals surface area contributed by atoms with Crippen molar-refractivity contribution in [2.75, 3.05) is 11.1 Å². The molecule has 106 valence electrons. The molecular weight excluding hydrogens is 264 g/mol. The Morgan fingerprint density at radius 2 is 2.05 bits per heavy atom. The average Bonchev–Trinajstić information content (AvgIpc) is 2.77. The second-order valence-electron chi connectivity index (χ2n) is 5.05. The normalized spacial score (nSPS) is 10.8. The van der Waals surface area contributed by atoms with Crippen molar-refractivity contribution in [2.45, 2.75) is 6.92 Å². The highest BCUT2D eigenvalue weighted by Gasteiger charge is 2.13. The molecular formula is C16H16N4O. The fraction of sp³-hybridized carbons (Fsp3) is 0.125. The number of anilines is 2. The maximum Gasteiger partial charge on any atom is 0.272 e. The first-order valence-electron chi connectivity index (χ1n) is 6.64. The summed E-state index contributed by atoms with van der Waals surface area (Å²) in [5, 5.41) is 3.86. The number of amides is 1. The summed E-state index contributed by atoms with van der Waals surface area (Å²) in [6.07, 6.45) is 1.71. The Balaban J connectivity index is 2.02. The number of fused-ring (bicyclic) bond motifs is 1. The number of aromatic nitrogens is 2. The number of aryl methyl sites for hydroxylation is 2. The second-order valence-corrected chi connectivity index (χ2v) is 5.05. The van der Waals surface area contributed by atoms with E-state index in [0.29, 0.717) is 11.4 Å². The van der Waals surface area contributed by atoms with Gasteiger partial charge in [-0.1, -0.05) is 18.2 Å². The van der Waals surface area contributed by atoms with Gasteiger partial charge in [0.2, 0.25) is 0 Å². The minimum atomic E-state index is -0.190. The summed E-state index contributed by atoms with van der Waals surface area (Å²) in [5.41, 5.74) is 9.27. The lowest BCUT2D eigenvalue weighted by Gasteiger charge is -2.10. The Morgan fingerprint density at radius 3 is 2.76 bits per heavy atom. The molecule has 0 unspecified atom stereocenters. The zero-order valence-corrected chi connectivity index (χ0v) is 11.9. The van der Waals surface area contributed by atoms with Gasteiger partial charge in [-0.2, -0.15) is 0 Å². The number of hydrogen-bond acceptors (Lipinski definition) is 3. The predicted molar refractivity (Wildman–Crippen MR) is 84.3 cm³/mol. The molecule has 3 N–H and O–H groups in total. The largest absolute Gasteiger partial charge is 0.397 e. The second kappa shape index (κ2) is 4.94.